The first kappa shape index (κ1) is 19.9. The van der Waals surface area contributed by atoms with Gasteiger partial charge in [-0.15, -0.1) is 5.10 Å². The molecule has 0 unspecified atom stereocenters. The Morgan fingerprint density at radius 3 is 2.71 bits per heavy atom. The zero-order valence-electron chi connectivity index (χ0n) is 15.8. The number of halogens is 1. The van der Waals surface area contributed by atoms with Gasteiger partial charge in [-0.3, -0.25) is 0 Å². The Balaban J connectivity index is 1.47. The zero-order chi connectivity index (χ0) is 20.3. The van der Waals surface area contributed by atoms with Gasteiger partial charge in [0.2, 0.25) is 0 Å². The molecular weight excluding hydrogens is 384 g/mol. The summed E-state index contributed by atoms with van der Waals surface area (Å²) in [5.74, 6) is -0.0267. The maximum Gasteiger partial charge on any atom is 0.410 e. The first-order valence-electron chi connectivity index (χ1n) is 8.73. The molecule has 2 heterocycles. The smallest absolute Gasteiger partial charge is 0.410 e. The number of hydrogen-bond acceptors (Lipinski definition) is 6. The van der Waals surface area contributed by atoms with Crippen LogP contribution in [0.15, 0.2) is 36.7 Å². The monoisotopic (exact) mass is 404 g/mol. The second kappa shape index (κ2) is 8.02. The topological polar surface area (TPSA) is 86.5 Å². The molecule has 0 saturated carbocycles. The van der Waals surface area contributed by atoms with Crippen molar-refractivity contribution in [2.75, 3.05) is 13.1 Å². The van der Waals surface area contributed by atoms with E-state index in [4.69, 9.17) is 21.1 Å². The summed E-state index contributed by atoms with van der Waals surface area (Å²) < 4.78 is 11.9. The highest BCUT2D eigenvalue weighted by Crippen LogP contribution is 2.19. The summed E-state index contributed by atoms with van der Waals surface area (Å²) in [7, 11) is 0. The molecule has 1 saturated heterocycles. The molecule has 0 atom stereocenters. The molecule has 1 aromatic heterocycles. The van der Waals surface area contributed by atoms with Crippen LogP contribution < -0.4 is 0 Å². The molecule has 9 heteroatoms. The first-order valence-corrected chi connectivity index (χ1v) is 9.11. The predicted molar refractivity (Wildman–Crippen MR) is 103 cm³/mol. The highest BCUT2D eigenvalue weighted by atomic mass is 35.5. The molecule has 0 N–H and O–H groups in total. The number of esters is 1. The van der Waals surface area contributed by atoms with E-state index < -0.39 is 17.7 Å². The Hall–Kier alpha value is -2.87. The van der Waals surface area contributed by atoms with Crippen molar-refractivity contribution in [2.24, 2.45) is 0 Å². The molecule has 0 radical (unpaired) electrons. The quantitative estimate of drug-likeness (QED) is 0.574. The standard InChI is InChI=1S/C19H21ClN4O4/c1-19(2,3)28-18(26)23-10-15(11-23)27-16(25)7-8-24-12-21-17(22-24)13-5-4-6-14(20)9-13/h4-9,12,15H,10-11H2,1-3H3/b8-7+. The normalized spacial score (nSPS) is 14.8. The highest BCUT2D eigenvalue weighted by molar-refractivity contribution is 6.30. The second-order valence-corrected chi connectivity index (χ2v) is 7.75. The molecule has 1 aromatic carbocycles. The van der Waals surface area contributed by atoms with Crippen LogP contribution in [-0.4, -0.2) is 56.5 Å². The van der Waals surface area contributed by atoms with E-state index in [-0.39, 0.29) is 6.10 Å². The predicted octanol–water partition coefficient (Wildman–Crippen LogP) is 3.23. The molecule has 1 fully saturated rings. The van der Waals surface area contributed by atoms with Gasteiger partial charge in [-0.05, 0) is 32.9 Å². The van der Waals surface area contributed by atoms with Crippen LogP contribution in [0.2, 0.25) is 5.02 Å². The Morgan fingerprint density at radius 1 is 1.29 bits per heavy atom. The van der Waals surface area contributed by atoms with Gasteiger partial charge in [-0.1, -0.05) is 23.7 Å². The summed E-state index contributed by atoms with van der Waals surface area (Å²) in [4.78, 5) is 29.4. The lowest BCUT2D eigenvalue weighted by Crippen LogP contribution is -2.56. The Kier molecular flexibility index (Phi) is 5.69. The lowest BCUT2D eigenvalue weighted by Gasteiger charge is -2.38. The minimum Gasteiger partial charge on any atom is -0.455 e. The van der Waals surface area contributed by atoms with E-state index in [1.54, 1.807) is 32.9 Å². The number of rotatable bonds is 4. The van der Waals surface area contributed by atoms with Crippen molar-refractivity contribution in [3.8, 4) is 11.4 Å². The van der Waals surface area contributed by atoms with Crippen molar-refractivity contribution >= 4 is 29.9 Å². The van der Waals surface area contributed by atoms with E-state index in [0.717, 1.165) is 5.56 Å². The second-order valence-electron chi connectivity index (χ2n) is 7.32. The number of amides is 1. The average Bonchev–Trinajstić information content (AvgIpc) is 3.03. The van der Waals surface area contributed by atoms with Crippen LogP contribution in [0.3, 0.4) is 0 Å². The van der Waals surface area contributed by atoms with Crippen molar-refractivity contribution in [3.05, 3.63) is 41.7 Å². The first-order chi connectivity index (χ1) is 13.2. The van der Waals surface area contributed by atoms with Gasteiger partial charge < -0.3 is 14.4 Å². The van der Waals surface area contributed by atoms with Crippen molar-refractivity contribution in [1.29, 1.82) is 0 Å². The maximum atomic E-state index is 11.9. The number of likely N-dealkylation sites (tertiary alicyclic amines) is 1. The zero-order valence-corrected chi connectivity index (χ0v) is 16.6. The fourth-order valence-corrected chi connectivity index (χ4v) is 2.63. The van der Waals surface area contributed by atoms with E-state index in [1.807, 2.05) is 12.1 Å². The van der Waals surface area contributed by atoms with Gasteiger partial charge in [0.1, 0.15) is 18.0 Å². The molecular formula is C19H21ClN4O4. The van der Waals surface area contributed by atoms with Crippen LogP contribution in [-0.2, 0) is 14.3 Å². The minimum atomic E-state index is -0.552. The molecule has 1 aliphatic rings. The summed E-state index contributed by atoms with van der Waals surface area (Å²) in [5, 5.41) is 4.85. The van der Waals surface area contributed by atoms with Gasteiger partial charge in [-0.2, -0.15) is 0 Å². The fourth-order valence-electron chi connectivity index (χ4n) is 2.44. The number of nitrogens with zero attached hydrogens (tertiary/aromatic N) is 4. The van der Waals surface area contributed by atoms with Crippen molar-refractivity contribution < 1.29 is 19.1 Å². The van der Waals surface area contributed by atoms with Gasteiger partial charge in [0.05, 0.1) is 13.1 Å². The number of benzene rings is 1. The SMILES string of the molecule is CC(C)(C)OC(=O)N1CC(OC(=O)/C=C/n2cnc(-c3cccc(Cl)c3)n2)C1. The molecule has 8 nitrogen and oxygen atoms in total. The summed E-state index contributed by atoms with van der Waals surface area (Å²) in [6.07, 6.45) is 3.43. The summed E-state index contributed by atoms with van der Waals surface area (Å²) in [6, 6.07) is 7.18. The summed E-state index contributed by atoms with van der Waals surface area (Å²) >= 11 is 5.96. The molecule has 0 aliphatic carbocycles. The molecule has 0 spiro atoms. The van der Waals surface area contributed by atoms with Gasteiger partial charge in [-0.25, -0.2) is 19.3 Å². The summed E-state index contributed by atoms with van der Waals surface area (Å²) in [6.45, 7) is 6.03. The summed E-state index contributed by atoms with van der Waals surface area (Å²) in [5.41, 5.74) is 0.225. The number of ether oxygens (including phenoxy) is 2. The third kappa shape index (κ3) is 5.32. The van der Waals surface area contributed by atoms with Crippen LogP contribution in [0.5, 0.6) is 0 Å². The molecule has 148 valence electrons. The maximum absolute atomic E-state index is 11.9. The number of aromatic nitrogens is 3. The molecule has 3 rings (SSSR count). The van der Waals surface area contributed by atoms with Gasteiger partial charge >= 0.3 is 12.1 Å². The third-order valence-electron chi connectivity index (χ3n) is 3.74. The number of carbonyl (C=O) groups is 2. The van der Waals surface area contributed by atoms with Crippen LogP contribution in [0, 0.1) is 0 Å². The molecule has 28 heavy (non-hydrogen) atoms. The Morgan fingerprint density at radius 2 is 2.04 bits per heavy atom. The molecule has 2 aromatic rings. The average molecular weight is 405 g/mol. The number of carbonyl (C=O) groups excluding carboxylic acids is 2. The van der Waals surface area contributed by atoms with E-state index in [0.29, 0.717) is 23.9 Å². The van der Waals surface area contributed by atoms with Crippen LogP contribution >= 0.6 is 11.6 Å². The molecule has 0 bridgehead atoms. The highest BCUT2D eigenvalue weighted by Gasteiger charge is 2.35. The Labute approximate surface area is 167 Å². The fraction of sp³-hybridized carbons (Fsp3) is 0.368. The van der Waals surface area contributed by atoms with E-state index in [1.165, 1.54) is 28.2 Å². The van der Waals surface area contributed by atoms with Crippen molar-refractivity contribution in [3.63, 3.8) is 0 Å². The van der Waals surface area contributed by atoms with E-state index in [2.05, 4.69) is 10.1 Å². The van der Waals surface area contributed by atoms with Crippen LogP contribution in [0.4, 0.5) is 4.79 Å². The van der Waals surface area contributed by atoms with Crippen molar-refractivity contribution in [1.82, 2.24) is 19.7 Å². The van der Waals surface area contributed by atoms with E-state index in [9.17, 15) is 9.59 Å². The lowest BCUT2D eigenvalue weighted by atomic mass is 10.2. The largest absolute Gasteiger partial charge is 0.455 e. The van der Waals surface area contributed by atoms with Crippen LogP contribution in [0.25, 0.3) is 17.6 Å². The van der Waals surface area contributed by atoms with Crippen molar-refractivity contribution in [2.45, 2.75) is 32.5 Å². The lowest BCUT2D eigenvalue weighted by molar-refractivity contribution is -0.150. The van der Waals surface area contributed by atoms with Gasteiger partial charge in [0, 0.05) is 22.9 Å². The Bertz CT molecular complexity index is 897. The molecule has 1 aliphatic heterocycles. The third-order valence-corrected chi connectivity index (χ3v) is 3.97. The van der Waals surface area contributed by atoms with E-state index >= 15 is 0 Å². The van der Waals surface area contributed by atoms with Crippen LogP contribution in [0.1, 0.15) is 20.8 Å². The van der Waals surface area contributed by atoms with Gasteiger partial charge in [0.15, 0.2) is 5.82 Å². The number of hydrogen-bond donors (Lipinski definition) is 0. The minimum absolute atomic E-state index is 0.316. The van der Waals surface area contributed by atoms with Gasteiger partial charge in [0.25, 0.3) is 0 Å². The molecule has 1 amide bonds.